The monoisotopic (exact) mass is 618 g/mol. The standard InChI is InChI=1S/C27H30ClF3N2O7S/c1-3-16-10-18(8-14(2)27(16,38)13-23(34)32-7-6-24(35)36)41(39,40)22-9-15(4-5-19(22)28)26(37)33-17-11-20(29)25(31)21(30)12-17/h4-5,9,11-12,14,16,18,38H,3,6-8,10,13H2,1-2H3,(H,32,34)(H,33,37)(H,35,36)/t14-,16?,18-,27-/m0/s1. The van der Waals surface area contributed by atoms with E-state index in [0.29, 0.717) is 18.6 Å². The second-order valence-electron chi connectivity index (χ2n) is 10.2. The van der Waals surface area contributed by atoms with Gasteiger partial charge in [0.2, 0.25) is 5.91 Å². The van der Waals surface area contributed by atoms with Crippen molar-refractivity contribution >= 4 is 44.9 Å². The molecule has 0 heterocycles. The van der Waals surface area contributed by atoms with Crippen LogP contribution in [0.25, 0.3) is 0 Å². The van der Waals surface area contributed by atoms with Crippen LogP contribution in [0.3, 0.4) is 0 Å². The molecule has 14 heteroatoms. The fourth-order valence-electron chi connectivity index (χ4n) is 5.21. The maximum absolute atomic E-state index is 13.7. The van der Waals surface area contributed by atoms with Crippen molar-refractivity contribution in [1.29, 1.82) is 0 Å². The van der Waals surface area contributed by atoms with Gasteiger partial charge >= 0.3 is 5.97 Å². The normalized spacial score (nSPS) is 22.7. The first-order valence-electron chi connectivity index (χ1n) is 12.8. The van der Waals surface area contributed by atoms with Gasteiger partial charge in [0, 0.05) is 29.9 Å². The molecule has 0 aromatic heterocycles. The summed E-state index contributed by atoms with van der Waals surface area (Å²) >= 11 is 6.23. The highest BCUT2D eigenvalue weighted by Crippen LogP contribution is 2.46. The van der Waals surface area contributed by atoms with Crippen LogP contribution in [0, 0.1) is 29.3 Å². The number of amides is 2. The van der Waals surface area contributed by atoms with Crippen LogP contribution in [0.15, 0.2) is 35.2 Å². The molecule has 1 aliphatic rings. The summed E-state index contributed by atoms with van der Waals surface area (Å²) in [6, 6.07) is 4.59. The Balaban J connectivity index is 1.82. The van der Waals surface area contributed by atoms with Gasteiger partial charge < -0.3 is 20.8 Å². The summed E-state index contributed by atoms with van der Waals surface area (Å²) in [6.07, 6.45) is -0.315. The Kier molecular flexibility index (Phi) is 10.1. The number of carboxylic acid groups (broad SMARTS) is 1. The number of benzene rings is 2. The molecule has 1 fully saturated rings. The summed E-state index contributed by atoms with van der Waals surface area (Å²) in [6.45, 7) is 3.26. The van der Waals surface area contributed by atoms with E-state index in [1.807, 2.05) is 0 Å². The maximum atomic E-state index is 13.7. The third-order valence-corrected chi connectivity index (χ3v) is 10.2. The molecule has 4 N–H and O–H groups in total. The molecule has 0 spiro atoms. The van der Waals surface area contributed by atoms with Gasteiger partial charge in [-0.25, -0.2) is 21.6 Å². The molecule has 1 unspecified atom stereocenters. The zero-order chi connectivity index (χ0) is 30.7. The van der Waals surface area contributed by atoms with E-state index in [-0.39, 0.29) is 53.4 Å². The van der Waals surface area contributed by atoms with Gasteiger partial charge in [-0.3, -0.25) is 14.4 Å². The minimum atomic E-state index is -4.18. The third-order valence-electron chi connectivity index (χ3n) is 7.50. The molecule has 0 aliphatic heterocycles. The molecule has 3 rings (SSSR count). The van der Waals surface area contributed by atoms with Crippen LogP contribution < -0.4 is 10.6 Å². The zero-order valence-electron chi connectivity index (χ0n) is 22.2. The van der Waals surface area contributed by atoms with Crippen LogP contribution in [0.2, 0.25) is 5.02 Å². The molecule has 0 radical (unpaired) electrons. The molecule has 1 saturated carbocycles. The number of aliphatic carboxylic acids is 1. The van der Waals surface area contributed by atoms with Gasteiger partial charge in [-0.15, -0.1) is 0 Å². The lowest BCUT2D eigenvalue weighted by atomic mass is 9.66. The number of hydrogen-bond donors (Lipinski definition) is 4. The maximum Gasteiger partial charge on any atom is 0.305 e. The van der Waals surface area contributed by atoms with Crippen LogP contribution in [0.1, 0.15) is 56.3 Å². The number of carbonyl (C=O) groups excluding carboxylic acids is 2. The van der Waals surface area contributed by atoms with Crippen LogP contribution in [-0.2, 0) is 19.4 Å². The molecule has 2 aromatic carbocycles. The van der Waals surface area contributed by atoms with E-state index in [2.05, 4.69) is 10.6 Å². The Morgan fingerprint density at radius 2 is 1.73 bits per heavy atom. The van der Waals surface area contributed by atoms with Gasteiger partial charge in [0.1, 0.15) is 0 Å². The van der Waals surface area contributed by atoms with Crippen molar-refractivity contribution in [2.24, 2.45) is 11.8 Å². The predicted molar refractivity (Wildman–Crippen MR) is 144 cm³/mol. The predicted octanol–water partition coefficient (Wildman–Crippen LogP) is 4.32. The molecular formula is C27H30ClF3N2O7S. The Bertz CT molecular complexity index is 1430. The summed E-state index contributed by atoms with van der Waals surface area (Å²) in [5.74, 6) is -8.57. The molecule has 0 saturated heterocycles. The third kappa shape index (κ3) is 7.19. The first-order chi connectivity index (χ1) is 19.1. The number of carbonyl (C=O) groups is 3. The van der Waals surface area contributed by atoms with Crippen molar-refractivity contribution in [1.82, 2.24) is 5.32 Å². The van der Waals surface area contributed by atoms with Crippen molar-refractivity contribution in [2.75, 3.05) is 11.9 Å². The molecule has 4 atom stereocenters. The molecule has 1 aliphatic carbocycles. The van der Waals surface area contributed by atoms with E-state index in [0.717, 1.165) is 6.07 Å². The molecule has 9 nitrogen and oxygen atoms in total. The largest absolute Gasteiger partial charge is 0.481 e. The van der Waals surface area contributed by atoms with Crippen LogP contribution in [0.5, 0.6) is 0 Å². The number of carboxylic acids is 1. The smallest absolute Gasteiger partial charge is 0.305 e. The number of nitrogens with one attached hydrogen (secondary N) is 2. The van der Waals surface area contributed by atoms with E-state index >= 15 is 0 Å². The quantitative estimate of drug-likeness (QED) is 0.290. The Labute approximate surface area is 240 Å². The lowest BCUT2D eigenvalue weighted by Crippen LogP contribution is -2.54. The SMILES string of the molecule is CCC1C[C@@H](S(=O)(=O)c2cc(C(=O)Nc3cc(F)c(F)c(F)c3)ccc2Cl)C[C@H](C)[C@@]1(O)CC(=O)NCCC(=O)O. The van der Waals surface area contributed by atoms with Gasteiger partial charge in [0.15, 0.2) is 27.3 Å². The van der Waals surface area contributed by atoms with E-state index < -0.39 is 67.8 Å². The number of halogens is 4. The molecule has 41 heavy (non-hydrogen) atoms. The highest BCUT2D eigenvalue weighted by molar-refractivity contribution is 7.92. The Hall–Kier alpha value is -3.16. The average Bonchev–Trinajstić information content (AvgIpc) is 2.88. The van der Waals surface area contributed by atoms with E-state index in [4.69, 9.17) is 16.7 Å². The summed E-state index contributed by atoms with van der Waals surface area (Å²) in [7, 11) is -4.18. The van der Waals surface area contributed by atoms with Gasteiger partial charge in [0.05, 0.1) is 33.6 Å². The number of sulfone groups is 1. The van der Waals surface area contributed by atoms with Crippen LogP contribution in [0.4, 0.5) is 18.9 Å². The number of aliphatic hydroxyl groups is 1. The molecular weight excluding hydrogens is 589 g/mol. The van der Waals surface area contributed by atoms with Gasteiger partial charge in [0.25, 0.3) is 5.91 Å². The summed E-state index contributed by atoms with van der Waals surface area (Å²) in [5, 5.41) is 23.7. The van der Waals surface area contributed by atoms with Gasteiger partial charge in [-0.05, 0) is 42.9 Å². The average molecular weight is 619 g/mol. The van der Waals surface area contributed by atoms with Crippen LogP contribution >= 0.6 is 11.6 Å². The van der Waals surface area contributed by atoms with Crippen molar-refractivity contribution in [3.05, 3.63) is 58.4 Å². The first kappa shape index (κ1) is 32.4. The van der Waals surface area contributed by atoms with Crippen molar-refractivity contribution in [3.63, 3.8) is 0 Å². The van der Waals surface area contributed by atoms with E-state index in [1.54, 1.807) is 13.8 Å². The van der Waals surface area contributed by atoms with Gasteiger partial charge in [-0.2, -0.15) is 0 Å². The number of anilines is 1. The zero-order valence-corrected chi connectivity index (χ0v) is 23.8. The van der Waals surface area contributed by atoms with Gasteiger partial charge in [-0.1, -0.05) is 31.9 Å². The van der Waals surface area contributed by atoms with Crippen molar-refractivity contribution in [2.45, 2.75) is 61.7 Å². The second-order valence-corrected chi connectivity index (χ2v) is 12.8. The second kappa shape index (κ2) is 12.8. The molecule has 0 bridgehead atoms. The molecule has 2 aromatic rings. The highest BCUT2D eigenvalue weighted by Gasteiger charge is 2.50. The Morgan fingerprint density at radius 3 is 2.32 bits per heavy atom. The summed E-state index contributed by atoms with van der Waals surface area (Å²) < 4.78 is 67.8. The Morgan fingerprint density at radius 1 is 1.10 bits per heavy atom. The molecule has 2 amide bonds. The number of hydrogen-bond acceptors (Lipinski definition) is 6. The first-order valence-corrected chi connectivity index (χ1v) is 14.7. The summed E-state index contributed by atoms with van der Waals surface area (Å²) in [4.78, 5) is 35.5. The fraction of sp³-hybridized carbons (Fsp3) is 0.444. The fourth-order valence-corrected chi connectivity index (χ4v) is 7.67. The van der Waals surface area contributed by atoms with E-state index in [9.17, 15) is 41.1 Å². The lowest BCUT2D eigenvalue weighted by molar-refractivity contribution is -0.138. The number of rotatable bonds is 10. The topological polar surface area (TPSA) is 150 Å². The summed E-state index contributed by atoms with van der Waals surface area (Å²) in [5.41, 5.74) is -2.12. The lowest BCUT2D eigenvalue weighted by Gasteiger charge is -2.47. The van der Waals surface area contributed by atoms with E-state index in [1.165, 1.54) is 12.1 Å². The minimum Gasteiger partial charge on any atom is -0.481 e. The van der Waals surface area contributed by atoms with Crippen LogP contribution in [-0.4, -0.2) is 53.8 Å². The van der Waals surface area contributed by atoms with Crippen molar-refractivity contribution < 1.29 is 46.2 Å². The minimum absolute atomic E-state index is 0.0109. The highest BCUT2D eigenvalue weighted by atomic mass is 35.5. The molecule has 224 valence electrons. The van der Waals surface area contributed by atoms with Crippen molar-refractivity contribution in [3.8, 4) is 0 Å².